The molecule has 0 N–H and O–H groups in total. The summed E-state index contributed by atoms with van der Waals surface area (Å²) in [5.74, 6) is 0.261. The van der Waals surface area contributed by atoms with Crippen LogP contribution in [-0.4, -0.2) is 6.61 Å². The summed E-state index contributed by atoms with van der Waals surface area (Å²) in [6.45, 7) is 1.27. The molecule has 1 aliphatic carbocycles. The summed E-state index contributed by atoms with van der Waals surface area (Å²) in [4.78, 5) is 0. The molecule has 1 saturated carbocycles. The zero-order valence-electron chi connectivity index (χ0n) is 16.9. The summed E-state index contributed by atoms with van der Waals surface area (Å²) in [6.07, 6.45) is 9.50. The molecule has 2 aromatic rings. The summed E-state index contributed by atoms with van der Waals surface area (Å²) in [5.41, 5.74) is 1.40. The molecule has 2 aromatic carbocycles. The van der Waals surface area contributed by atoms with Gasteiger partial charge >= 0.3 is 6.61 Å². The number of hydrogen-bond donors (Lipinski definition) is 0. The number of unbranched alkanes of at least 4 members (excludes halogenated alkanes) is 2. The zero-order chi connectivity index (χ0) is 20.1. The van der Waals surface area contributed by atoms with E-state index in [1.807, 2.05) is 19.1 Å². The van der Waals surface area contributed by atoms with E-state index in [0.717, 1.165) is 37.7 Å². The standard InChI is InChI=1S/C24H31F3O/c1-3-5-6-7-17-8-11-18(12-9-17)22-21(28-24(26)27)15-19-14-16(4-2)10-13-20(19)23(22)25/h10,13-15,17-18,24H,3-9,11-12H2,1-2H3. The van der Waals surface area contributed by atoms with Crippen LogP contribution in [0, 0.1) is 11.7 Å². The summed E-state index contributed by atoms with van der Waals surface area (Å²) in [5, 5.41) is 1.13. The Bertz CT molecular complexity index is 779. The van der Waals surface area contributed by atoms with Crippen LogP contribution in [0.1, 0.15) is 82.3 Å². The first-order valence-electron chi connectivity index (χ1n) is 10.7. The van der Waals surface area contributed by atoms with Gasteiger partial charge in [-0.2, -0.15) is 8.78 Å². The molecule has 154 valence electrons. The van der Waals surface area contributed by atoms with Gasteiger partial charge in [-0.05, 0) is 61.0 Å². The third-order valence-electron chi connectivity index (χ3n) is 6.24. The van der Waals surface area contributed by atoms with Crippen LogP contribution in [0.25, 0.3) is 10.8 Å². The number of aryl methyl sites for hydroxylation is 1. The molecule has 1 nitrogen and oxygen atoms in total. The minimum absolute atomic E-state index is 0.0164. The number of halogens is 3. The molecule has 1 fully saturated rings. The van der Waals surface area contributed by atoms with Crippen LogP contribution in [0.5, 0.6) is 5.75 Å². The lowest BCUT2D eigenvalue weighted by Crippen LogP contribution is -2.16. The van der Waals surface area contributed by atoms with Crippen LogP contribution in [0.3, 0.4) is 0 Å². The molecule has 28 heavy (non-hydrogen) atoms. The first-order valence-corrected chi connectivity index (χ1v) is 10.7. The van der Waals surface area contributed by atoms with Crippen LogP contribution in [0.4, 0.5) is 13.2 Å². The number of hydrogen-bond acceptors (Lipinski definition) is 1. The Morgan fingerprint density at radius 2 is 1.79 bits per heavy atom. The molecule has 0 spiro atoms. The molecular formula is C24H31F3O. The fourth-order valence-corrected chi connectivity index (χ4v) is 4.62. The van der Waals surface area contributed by atoms with E-state index in [2.05, 4.69) is 6.92 Å². The average Bonchev–Trinajstić information content (AvgIpc) is 2.68. The summed E-state index contributed by atoms with van der Waals surface area (Å²) in [6, 6.07) is 7.15. The van der Waals surface area contributed by atoms with Gasteiger partial charge in [-0.3, -0.25) is 0 Å². The molecular weight excluding hydrogens is 361 g/mol. The number of ether oxygens (including phenoxy) is 1. The molecule has 4 heteroatoms. The second-order valence-corrected chi connectivity index (χ2v) is 8.10. The van der Waals surface area contributed by atoms with Crippen molar-refractivity contribution < 1.29 is 17.9 Å². The number of fused-ring (bicyclic) bond motifs is 1. The van der Waals surface area contributed by atoms with Gasteiger partial charge in [0.2, 0.25) is 0 Å². The Hall–Kier alpha value is -1.71. The van der Waals surface area contributed by atoms with Gasteiger partial charge in [0.25, 0.3) is 0 Å². The molecule has 3 rings (SSSR count). The van der Waals surface area contributed by atoms with Crippen molar-refractivity contribution in [2.45, 2.75) is 84.2 Å². The first kappa shape index (κ1) is 21.0. The van der Waals surface area contributed by atoms with Gasteiger partial charge in [-0.1, -0.05) is 57.7 Å². The quantitative estimate of drug-likeness (QED) is 0.414. The minimum atomic E-state index is -2.95. The van der Waals surface area contributed by atoms with E-state index in [9.17, 15) is 8.78 Å². The maximum absolute atomic E-state index is 15.4. The fourth-order valence-electron chi connectivity index (χ4n) is 4.62. The van der Waals surface area contributed by atoms with Gasteiger partial charge in [0, 0.05) is 10.9 Å². The van der Waals surface area contributed by atoms with Crippen LogP contribution in [0.15, 0.2) is 24.3 Å². The number of benzene rings is 2. The van der Waals surface area contributed by atoms with Gasteiger partial charge in [0.15, 0.2) is 0 Å². The third kappa shape index (κ3) is 4.82. The van der Waals surface area contributed by atoms with E-state index in [4.69, 9.17) is 4.74 Å². The van der Waals surface area contributed by atoms with Crippen molar-refractivity contribution in [3.05, 3.63) is 41.2 Å². The normalized spacial score (nSPS) is 20.1. The Kier molecular flexibility index (Phi) is 7.25. The molecule has 0 saturated heterocycles. The molecule has 0 amide bonds. The van der Waals surface area contributed by atoms with Crippen molar-refractivity contribution in [2.24, 2.45) is 5.92 Å². The molecule has 0 heterocycles. The van der Waals surface area contributed by atoms with Gasteiger partial charge in [0.1, 0.15) is 11.6 Å². The average molecular weight is 393 g/mol. The molecule has 0 aliphatic heterocycles. The van der Waals surface area contributed by atoms with E-state index in [1.54, 1.807) is 12.1 Å². The lowest BCUT2D eigenvalue weighted by molar-refractivity contribution is -0.0508. The molecule has 0 atom stereocenters. The van der Waals surface area contributed by atoms with Crippen molar-refractivity contribution in [1.82, 2.24) is 0 Å². The van der Waals surface area contributed by atoms with Gasteiger partial charge in [-0.25, -0.2) is 4.39 Å². The van der Waals surface area contributed by atoms with Gasteiger partial charge in [-0.15, -0.1) is 0 Å². The predicted octanol–water partition coefficient (Wildman–Crippen LogP) is 8.00. The highest BCUT2D eigenvalue weighted by Crippen LogP contribution is 2.44. The summed E-state index contributed by atoms with van der Waals surface area (Å²) in [7, 11) is 0. The Morgan fingerprint density at radius 1 is 1.04 bits per heavy atom. The monoisotopic (exact) mass is 392 g/mol. The number of alkyl halides is 2. The lowest BCUT2D eigenvalue weighted by atomic mass is 9.76. The van der Waals surface area contributed by atoms with Gasteiger partial charge in [0.05, 0.1) is 0 Å². The third-order valence-corrected chi connectivity index (χ3v) is 6.24. The molecule has 0 bridgehead atoms. The van der Waals surface area contributed by atoms with Crippen LogP contribution in [0.2, 0.25) is 0 Å². The van der Waals surface area contributed by atoms with Crippen molar-refractivity contribution in [2.75, 3.05) is 0 Å². The van der Waals surface area contributed by atoms with Crippen LogP contribution < -0.4 is 4.74 Å². The largest absolute Gasteiger partial charge is 0.434 e. The highest BCUT2D eigenvalue weighted by molar-refractivity contribution is 5.86. The van der Waals surface area contributed by atoms with Crippen molar-refractivity contribution >= 4 is 10.8 Å². The summed E-state index contributed by atoms with van der Waals surface area (Å²) >= 11 is 0. The van der Waals surface area contributed by atoms with Crippen LogP contribution in [-0.2, 0) is 6.42 Å². The summed E-state index contributed by atoms with van der Waals surface area (Å²) < 4.78 is 46.3. The minimum Gasteiger partial charge on any atom is -0.434 e. The van der Waals surface area contributed by atoms with E-state index < -0.39 is 6.61 Å². The second-order valence-electron chi connectivity index (χ2n) is 8.10. The van der Waals surface area contributed by atoms with Crippen molar-refractivity contribution in [3.63, 3.8) is 0 Å². The fraction of sp³-hybridized carbons (Fsp3) is 0.583. The highest BCUT2D eigenvalue weighted by atomic mass is 19.3. The van der Waals surface area contributed by atoms with Crippen molar-refractivity contribution in [3.8, 4) is 5.75 Å². The maximum Gasteiger partial charge on any atom is 0.387 e. The zero-order valence-corrected chi connectivity index (χ0v) is 16.9. The molecule has 0 unspecified atom stereocenters. The SMILES string of the molecule is CCCCCC1CCC(c2c(OC(F)F)cc3cc(CC)ccc3c2F)CC1. The van der Waals surface area contributed by atoms with E-state index in [1.165, 1.54) is 25.7 Å². The Labute approximate surface area is 166 Å². The second kappa shape index (κ2) is 9.67. The number of rotatable bonds is 8. The van der Waals surface area contributed by atoms with Crippen molar-refractivity contribution in [1.29, 1.82) is 0 Å². The Balaban J connectivity index is 1.88. The van der Waals surface area contributed by atoms with E-state index in [-0.39, 0.29) is 17.5 Å². The van der Waals surface area contributed by atoms with Gasteiger partial charge < -0.3 is 4.74 Å². The Morgan fingerprint density at radius 3 is 2.43 bits per heavy atom. The molecule has 0 aromatic heterocycles. The topological polar surface area (TPSA) is 9.23 Å². The predicted molar refractivity (Wildman–Crippen MR) is 109 cm³/mol. The first-order chi connectivity index (χ1) is 13.5. The molecule has 0 radical (unpaired) electrons. The maximum atomic E-state index is 15.4. The lowest BCUT2D eigenvalue weighted by Gasteiger charge is -2.30. The van der Waals surface area contributed by atoms with Crippen LogP contribution >= 0.6 is 0 Å². The smallest absolute Gasteiger partial charge is 0.387 e. The highest BCUT2D eigenvalue weighted by Gasteiger charge is 2.29. The van der Waals surface area contributed by atoms with E-state index >= 15 is 4.39 Å². The van der Waals surface area contributed by atoms with E-state index in [0.29, 0.717) is 22.3 Å². The molecule has 1 aliphatic rings.